The molecule has 1 fully saturated rings. The van der Waals surface area contributed by atoms with Gasteiger partial charge < -0.3 is 15.7 Å². The smallest absolute Gasteiger partial charge is 0.315 e. The fourth-order valence-electron chi connectivity index (χ4n) is 1.87. The Bertz CT molecular complexity index is 434. The van der Waals surface area contributed by atoms with Crippen LogP contribution >= 0.6 is 0 Å². The Balaban J connectivity index is 2.30. The summed E-state index contributed by atoms with van der Waals surface area (Å²) < 4.78 is 22.7. The Hall–Kier alpha value is -1.31. The molecule has 2 amide bonds. The van der Waals surface area contributed by atoms with Crippen LogP contribution in [0.25, 0.3) is 0 Å². The number of hydrogen-bond acceptors (Lipinski definition) is 4. The van der Waals surface area contributed by atoms with E-state index < -0.39 is 27.4 Å². The molecule has 0 aromatic heterocycles. The summed E-state index contributed by atoms with van der Waals surface area (Å²) in [5.74, 6) is -0.878. The van der Waals surface area contributed by atoms with Crippen molar-refractivity contribution >= 4 is 21.8 Å². The van der Waals surface area contributed by atoms with Gasteiger partial charge in [0, 0.05) is 13.0 Å². The number of urea groups is 1. The van der Waals surface area contributed by atoms with E-state index in [1.165, 1.54) is 0 Å². The molecule has 0 aliphatic carbocycles. The maximum absolute atomic E-state index is 11.5. The molecule has 1 saturated heterocycles. The van der Waals surface area contributed by atoms with Crippen LogP contribution in [0.1, 0.15) is 26.2 Å². The topological polar surface area (TPSA) is 113 Å². The third kappa shape index (κ3) is 4.91. The van der Waals surface area contributed by atoms with Gasteiger partial charge in [0.15, 0.2) is 9.84 Å². The lowest BCUT2D eigenvalue weighted by atomic mass is 10.0. The van der Waals surface area contributed by atoms with E-state index in [-0.39, 0.29) is 24.5 Å². The molecule has 1 heterocycles. The van der Waals surface area contributed by atoms with E-state index in [1.807, 2.05) is 0 Å². The molecular formula is C10H18N2O5S. The zero-order valence-corrected chi connectivity index (χ0v) is 11.0. The Labute approximate surface area is 106 Å². The first-order chi connectivity index (χ1) is 8.22. The minimum absolute atomic E-state index is 0.00801. The molecule has 1 aliphatic rings. The zero-order valence-electron chi connectivity index (χ0n) is 10.2. The van der Waals surface area contributed by atoms with Crippen molar-refractivity contribution in [2.45, 2.75) is 31.7 Å². The second-order valence-corrected chi connectivity index (χ2v) is 6.96. The van der Waals surface area contributed by atoms with Crippen LogP contribution in [-0.4, -0.2) is 49.1 Å². The van der Waals surface area contributed by atoms with Crippen molar-refractivity contribution in [2.75, 3.05) is 18.1 Å². The van der Waals surface area contributed by atoms with Crippen molar-refractivity contribution in [1.82, 2.24) is 10.6 Å². The number of carboxylic acid groups (broad SMARTS) is 1. The highest BCUT2D eigenvalue weighted by Gasteiger charge is 2.39. The number of sulfone groups is 1. The SMILES string of the molecule is CC1(NC(=O)NCCCC(=O)O)CCS(=O)(=O)C1. The molecule has 0 aromatic rings. The lowest BCUT2D eigenvalue weighted by molar-refractivity contribution is -0.137. The number of nitrogens with one attached hydrogen (secondary N) is 2. The van der Waals surface area contributed by atoms with Gasteiger partial charge in [0.05, 0.1) is 17.0 Å². The van der Waals surface area contributed by atoms with Gasteiger partial charge in [-0.25, -0.2) is 13.2 Å². The second kappa shape index (κ2) is 5.55. The molecule has 104 valence electrons. The number of hydrogen-bond donors (Lipinski definition) is 3. The molecule has 7 nitrogen and oxygen atoms in total. The molecule has 1 unspecified atom stereocenters. The van der Waals surface area contributed by atoms with Crippen LogP contribution in [0.2, 0.25) is 0 Å². The van der Waals surface area contributed by atoms with Crippen molar-refractivity contribution in [3.8, 4) is 0 Å². The molecule has 18 heavy (non-hydrogen) atoms. The summed E-state index contributed by atoms with van der Waals surface area (Å²) >= 11 is 0. The maximum Gasteiger partial charge on any atom is 0.315 e. The summed E-state index contributed by atoms with van der Waals surface area (Å²) in [6.45, 7) is 1.94. The fourth-order valence-corrected chi connectivity index (χ4v) is 3.96. The van der Waals surface area contributed by atoms with Gasteiger partial charge in [-0.1, -0.05) is 0 Å². The van der Waals surface area contributed by atoms with E-state index in [2.05, 4.69) is 10.6 Å². The molecule has 8 heteroatoms. The highest BCUT2D eigenvalue weighted by molar-refractivity contribution is 7.91. The van der Waals surface area contributed by atoms with Crippen LogP contribution < -0.4 is 10.6 Å². The summed E-state index contributed by atoms with van der Waals surface area (Å²) in [7, 11) is -3.06. The van der Waals surface area contributed by atoms with Crippen LogP contribution in [-0.2, 0) is 14.6 Å². The van der Waals surface area contributed by atoms with Crippen molar-refractivity contribution < 1.29 is 23.1 Å². The number of aliphatic carboxylic acids is 1. The molecule has 3 N–H and O–H groups in total. The van der Waals surface area contributed by atoms with Crippen molar-refractivity contribution in [3.05, 3.63) is 0 Å². The lowest BCUT2D eigenvalue weighted by Crippen LogP contribution is -2.51. The Morgan fingerprint density at radius 3 is 2.56 bits per heavy atom. The molecule has 0 spiro atoms. The summed E-state index contributed by atoms with van der Waals surface area (Å²) in [6.07, 6.45) is 0.738. The van der Waals surface area contributed by atoms with Crippen LogP contribution in [0.5, 0.6) is 0 Å². The first kappa shape index (κ1) is 14.7. The average molecular weight is 278 g/mol. The van der Waals surface area contributed by atoms with Crippen LogP contribution in [0.4, 0.5) is 4.79 Å². The van der Waals surface area contributed by atoms with Crippen molar-refractivity contribution in [1.29, 1.82) is 0 Å². The maximum atomic E-state index is 11.5. The van der Waals surface area contributed by atoms with E-state index in [9.17, 15) is 18.0 Å². The lowest BCUT2D eigenvalue weighted by Gasteiger charge is -2.23. The van der Waals surface area contributed by atoms with Gasteiger partial charge in [-0.3, -0.25) is 4.79 Å². The van der Waals surface area contributed by atoms with Crippen molar-refractivity contribution in [2.24, 2.45) is 0 Å². The molecular weight excluding hydrogens is 260 g/mol. The predicted octanol–water partition coefficient (Wildman–Crippen LogP) is -0.272. The van der Waals surface area contributed by atoms with Gasteiger partial charge in [-0.15, -0.1) is 0 Å². The normalized spacial score (nSPS) is 25.6. The molecule has 0 saturated carbocycles. The average Bonchev–Trinajstić information content (AvgIpc) is 2.47. The van der Waals surface area contributed by atoms with Gasteiger partial charge in [0.25, 0.3) is 0 Å². The van der Waals surface area contributed by atoms with E-state index >= 15 is 0 Å². The van der Waals surface area contributed by atoms with Gasteiger partial charge in [-0.2, -0.15) is 0 Å². The number of amides is 2. The van der Waals surface area contributed by atoms with Gasteiger partial charge in [0.1, 0.15) is 0 Å². The monoisotopic (exact) mass is 278 g/mol. The molecule has 1 atom stereocenters. The van der Waals surface area contributed by atoms with Crippen LogP contribution in [0.15, 0.2) is 0 Å². The minimum atomic E-state index is -3.06. The third-order valence-corrected chi connectivity index (χ3v) is 4.67. The number of rotatable bonds is 5. The zero-order chi connectivity index (χ0) is 13.8. The Morgan fingerprint density at radius 1 is 1.39 bits per heavy atom. The number of carbonyl (C=O) groups excluding carboxylic acids is 1. The van der Waals surface area contributed by atoms with Gasteiger partial charge >= 0.3 is 12.0 Å². The largest absolute Gasteiger partial charge is 0.481 e. The summed E-state index contributed by atoms with van der Waals surface area (Å²) in [4.78, 5) is 21.7. The highest BCUT2D eigenvalue weighted by atomic mass is 32.2. The molecule has 0 bridgehead atoms. The van der Waals surface area contributed by atoms with E-state index in [1.54, 1.807) is 6.92 Å². The van der Waals surface area contributed by atoms with Gasteiger partial charge in [0.2, 0.25) is 0 Å². The molecule has 1 aliphatic heterocycles. The molecule has 1 rings (SSSR count). The Kier molecular flexibility index (Phi) is 4.55. The quantitative estimate of drug-likeness (QED) is 0.599. The first-order valence-electron chi connectivity index (χ1n) is 5.71. The van der Waals surface area contributed by atoms with E-state index in [4.69, 9.17) is 5.11 Å². The third-order valence-electron chi connectivity index (χ3n) is 2.77. The first-order valence-corrected chi connectivity index (χ1v) is 7.53. The number of carbonyl (C=O) groups is 2. The molecule has 0 aromatic carbocycles. The van der Waals surface area contributed by atoms with Crippen LogP contribution in [0.3, 0.4) is 0 Å². The van der Waals surface area contributed by atoms with Crippen LogP contribution in [0, 0.1) is 0 Å². The second-order valence-electron chi connectivity index (χ2n) is 4.78. The number of carboxylic acids is 1. The summed E-state index contributed by atoms with van der Waals surface area (Å²) in [6, 6.07) is -0.458. The van der Waals surface area contributed by atoms with E-state index in [0.29, 0.717) is 12.8 Å². The van der Waals surface area contributed by atoms with E-state index in [0.717, 1.165) is 0 Å². The standard InChI is InChI=1S/C10H18N2O5S/c1-10(4-6-18(16,17)7-10)12-9(15)11-5-2-3-8(13)14/h2-7H2,1H3,(H,13,14)(H2,11,12,15). The van der Waals surface area contributed by atoms with Gasteiger partial charge in [-0.05, 0) is 19.8 Å². The summed E-state index contributed by atoms with van der Waals surface area (Å²) in [5, 5.41) is 13.5. The Morgan fingerprint density at radius 2 is 2.06 bits per heavy atom. The molecule has 0 radical (unpaired) electrons. The minimum Gasteiger partial charge on any atom is -0.481 e. The predicted molar refractivity (Wildman–Crippen MR) is 65.1 cm³/mol. The van der Waals surface area contributed by atoms with Crippen molar-refractivity contribution in [3.63, 3.8) is 0 Å². The highest BCUT2D eigenvalue weighted by Crippen LogP contribution is 2.22. The summed E-state index contributed by atoms with van der Waals surface area (Å²) in [5.41, 5.74) is -0.726. The fraction of sp³-hybridized carbons (Fsp3) is 0.800.